The molecule has 0 bridgehead atoms. The van der Waals surface area contributed by atoms with Crippen LogP contribution >= 0.6 is 0 Å². The molecular formula is C21H28O2. The highest BCUT2D eigenvalue weighted by molar-refractivity contribution is 5.49. The van der Waals surface area contributed by atoms with Gasteiger partial charge in [0.15, 0.2) is 0 Å². The molecular weight excluding hydrogens is 284 g/mol. The first kappa shape index (κ1) is 17.4. The summed E-state index contributed by atoms with van der Waals surface area (Å²) < 4.78 is 0. The summed E-state index contributed by atoms with van der Waals surface area (Å²) in [5, 5.41) is 20.4. The van der Waals surface area contributed by atoms with Crippen LogP contribution in [0.1, 0.15) is 61.1 Å². The maximum Gasteiger partial charge on any atom is 0.122 e. The maximum atomic E-state index is 10.5. The van der Waals surface area contributed by atoms with Gasteiger partial charge < -0.3 is 10.2 Å². The topological polar surface area (TPSA) is 40.5 Å². The molecule has 0 aliphatic rings. The molecule has 0 saturated carbocycles. The number of hydrogen-bond donors (Lipinski definition) is 2. The fourth-order valence-electron chi connectivity index (χ4n) is 3.09. The van der Waals surface area contributed by atoms with Gasteiger partial charge >= 0.3 is 0 Å². The highest BCUT2D eigenvalue weighted by atomic mass is 16.3. The van der Waals surface area contributed by atoms with Crippen molar-refractivity contribution in [3.05, 3.63) is 57.6 Å². The van der Waals surface area contributed by atoms with E-state index in [2.05, 4.69) is 39.8 Å². The minimum Gasteiger partial charge on any atom is -0.507 e. The van der Waals surface area contributed by atoms with Crippen molar-refractivity contribution < 1.29 is 10.2 Å². The monoisotopic (exact) mass is 312 g/mol. The lowest BCUT2D eigenvalue weighted by molar-refractivity contribution is 0.440. The molecule has 0 atom stereocenters. The molecule has 2 rings (SSSR count). The van der Waals surface area contributed by atoms with Crippen molar-refractivity contribution >= 4 is 0 Å². The Morgan fingerprint density at radius 2 is 1.35 bits per heavy atom. The zero-order chi connectivity index (χ0) is 17.4. The Morgan fingerprint density at radius 1 is 0.826 bits per heavy atom. The van der Waals surface area contributed by atoms with E-state index in [1.807, 2.05) is 26.0 Å². The molecule has 2 nitrogen and oxygen atoms in total. The number of phenolic OH excluding ortho intramolecular Hbond substituents is 2. The van der Waals surface area contributed by atoms with E-state index in [9.17, 15) is 10.2 Å². The van der Waals surface area contributed by atoms with Crippen molar-refractivity contribution in [3.63, 3.8) is 0 Å². The first-order valence-corrected chi connectivity index (χ1v) is 8.27. The Balaban J connectivity index is 2.48. The van der Waals surface area contributed by atoms with E-state index in [0.717, 1.165) is 35.1 Å². The molecule has 0 aliphatic carbocycles. The summed E-state index contributed by atoms with van der Waals surface area (Å²) >= 11 is 0. The summed E-state index contributed by atoms with van der Waals surface area (Å²) in [6, 6.07) is 8.29. The lowest BCUT2D eigenvalue weighted by atomic mass is 9.83. The average Bonchev–Trinajstić information content (AvgIpc) is 2.45. The summed E-state index contributed by atoms with van der Waals surface area (Å²) in [6.07, 6.45) is 1.62. The molecule has 0 unspecified atom stereocenters. The minimum absolute atomic E-state index is 0.0925. The third kappa shape index (κ3) is 3.69. The van der Waals surface area contributed by atoms with Gasteiger partial charge in [0.1, 0.15) is 11.5 Å². The number of rotatable bonds is 3. The first-order chi connectivity index (χ1) is 10.6. The van der Waals surface area contributed by atoms with Gasteiger partial charge in [0.05, 0.1) is 0 Å². The van der Waals surface area contributed by atoms with E-state index in [0.29, 0.717) is 11.5 Å². The van der Waals surface area contributed by atoms with Gasteiger partial charge in [-0.05, 0) is 65.5 Å². The Kier molecular flexibility index (Phi) is 4.74. The van der Waals surface area contributed by atoms with E-state index in [-0.39, 0.29) is 5.41 Å². The van der Waals surface area contributed by atoms with Crippen LogP contribution in [-0.2, 0) is 18.3 Å². The quantitative estimate of drug-likeness (QED) is 0.821. The Hall–Kier alpha value is -1.96. The molecule has 0 radical (unpaired) electrons. The molecule has 0 heterocycles. The molecule has 124 valence electrons. The molecule has 2 heteroatoms. The fourth-order valence-corrected chi connectivity index (χ4v) is 3.09. The normalized spacial score (nSPS) is 11.7. The summed E-state index contributed by atoms with van der Waals surface area (Å²) in [5.74, 6) is 0.811. The van der Waals surface area contributed by atoms with Crippen molar-refractivity contribution in [1.29, 1.82) is 0 Å². The van der Waals surface area contributed by atoms with Crippen LogP contribution < -0.4 is 0 Å². The van der Waals surface area contributed by atoms with E-state index < -0.39 is 0 Å². The van der Waals surface area contributed by atoms with Crippen molar-refractivity contribution in [2.24, 2.45) is 0 Å². The van der Waals surface area contributed by atoms with Gasteiger partial charge in [-0.2, -0.15) is 0 Å². The van der Waals surface area contributed by atoms with Crippen LogP contribution in [0.4, 0.5) is 0 Å². The van der Waals surface area contributed by atoms with Gasteiger partial charge in [0.2, 0.25) is 0 Å². The highest BCUT2D eigenvalue weighted by Gasteiger charge is 2.21. The van der Waals surface area contributed by atoms with Crippen LogP contribution in [0.15, 0.2) is 24.3 Å². The zero-order valence-electron chi connectivity index (χ0n) is 15.1. The molecule has 2 aromatic rings. The third-order valence-electron chi connectivity index (χ3n) is 4.40. The SMILES string of the molecule is CCc1cc(Cc2cc(C)c(O)c(C)c2)cc(C(C)(C)C)c1O. The second-order valence-electron chi connectivity index (χ2n) is 7.51. The standard InChI is InChI=1S/C21H28O2/c1-7-17-11-16(12-18(20(17)23)21(4,5)6)10-15-8-13(2)19(22)14(3)9-15/h8-9,11-12,22-23H,7,10H2,1-6H3. The Morgan fingerprint density at radius 3 is 1.83 bits per heavy atom. The second kappa shape index (κ2) is 6.27. The Bertz CT molecular complexity index is 698. The predicted molar refractivity (Wildman–Crippen MR) is 96.6 cm³/mol. The highest BCUT2D eigenvalue weighted by Crippen LogP contribution is 2.35. The lowest BCUT2D eigenvalue weighted by Crippen LogP contribution is -2.13. The average molecular weight is 312 g/mol. The number of aryl methyl sites for hydroxylation is 3. The molecule has 0 amide bonds. The number of benzene rings is 2. The van der Waals surface area contributed by atoms with Gasteiger partial charge in [-0.15, -0.1) is 0 Å². The molecule has 0 spiro atoms. The molecule has 23 heavy (non-hydrogen) atoms. The summed E-state index contributed by atoms with van der Waals surface area (Å²) in [7, 11) is 0. The van der Waals surface area contributed by atoms with E-state index in [4.69, 9.17) is 0 Å². The molecule has 0 saturated heterocycles. The van der Waals surface area contributed by atoms with Crippen molar-refractivity contribution in [2.75, 3.05) is 0 Å². The van der Waals surface area contributed by atoms with Crippen LogP contribution in [-0.4, -0.2) is 10.2 Å². The third-order valence-corrected chi connectivity index (χ3v) is 4.40. The number of hydrogen-bond acceptors (Lipinski definition) is 2. The number of phenols is 2. The molecule has 2 N–H and O–H groups in total. The smallest absolute Gasteiger partial charge is 0.122 e. The number of aromatic hydroxyl groups is 2. The van der Waals surface area contributed by atoms with Gasteiger partial charge in [-0.1, -0.05) is 52.0 Å². The van der Waals surface area contributed by atoms with Crippen LogP contribution in [0.3, 0.4) is 0 Å². The summed E-state index contributed by atoms with van der Waals surface area (Å²) in [6.45, 7) is 12.3. The summed E-state index contributed by atoms with van der Waals surface area (Å²) in [4.78, 5) is 0. The molecule has 0 aliphatic heterocycles. The molecule has 0 aromatic heterocycles. The van der Waals surface area contributed by atoms with E-state index in [1.165, 1.54) is 11.1 Å². The van der Waals surface area contributed by atoms with Crippen molar-refractivity contribution in [2.45, 2.75) is 59.8 Å². The Labute approximate surface area is 139 Å². The van der Waals surface area contributed by atoms with E-state index in [1.54, 1.807) is 0 Å². The van der Waals surface area contributed by atoms with Crippen LogP contribution in [0.25, 0.3) is 0 Å². The van der Waals surface area contributed by atoms with Gasteiger partial charge in [0.25, 0.3) is 0 Å². The van der Waals surface area contributed by atoms with Crippen LogP contribution in [0.2, 0.25) is 0 Å². The van der Waals surface area contributed by atoms with Gasteiger partial charge in [-0.3, -0.25) is 0 Å². The maximum absolute atomic E-state index is 10.5. The largest absolute Gasteiger partial charge is 0.507 e. The van der Waals surface area contributed by atoms with Crippen LogP contribution in [0.5, 0.6) is 11.5 Å². The molecule has 0 fully saturated rings. The van der Waals surface area contributed by atoms with E-state index >= 15 is 0 Å². The predicted octanol–water partition coefficient (Wildman–Crippen LogP) is 5.17. The first-order valence-electron chi connectivity index (χ1n) is 8.27. The lowest BCUT2D eigenvalue weighted by Gasteiger charge is -2.23. The molecule has 2 aromatic carbocycles. The van der Waals surface area contributed by atoms with Gasteiger partial charge in [-0.25, -0.2) is 0 Å². The minimum atomic E-state index is -0.0925. The second-order valence-corrected chi connectivity index (χ2v) is 7.51. The van der Waals surface area contributed by atoms with Crippen LogP contribution in [0, 0.1) is 13.8 Å². The van der Waals surface area contributed by atoms with Crippen molar-refractivity contribution in [3.8, 4) is 11.5 Å². The zero-order valence-corrected chi connectivity index (χ0v) is 15.1. The van der Waals surface area contributed by atoms with Crippen molar-refractivity contribution in [1.82, 2.24) is 0 Å². The van der Waals surface area contributed by atoms with Gasteiger partial charge in [0, 0.05) is 0 Å². The summed E-state index contributed by atoms with van der Waals surface area (Å²) in [5.41, 5.74) is 6.11. The fraction of sp³-hybridized carbons (Fsp3) is 0.429.